The van der Waals surface area contributed by atoms with Crippen LogP contribution >= 0.6 is 0 Å². The van der Waals surface area contributed by atoms with Crippen molar-refractivity contribution < 1.29 is 4.52 Å². The first-order chi connectivity index (χ1) is 10.2. The maximum Gasteiger partial charge on any atom is 0.240 e. The highest BCUT2D eigenvalue weighted by Crippen LogP contribution is 2.33. The summed E-state index contributed by atoms with van der Waals surface area (Å²) in [6, 6.07) is 10.8. The summed E-state index contributed by atoms with van der Waals surface area (Å²) in [4.78, 5) is 6.70. The van der Waals surface area contributed by atoms with E-state index in [1.807, 2.05) is 0 Å². The SMILES string of the molecule is CC1(c2ccccc2)CCCN(Cc2noc(CN)n2)C1. The smallest absolute Gasteiger partial charge is 0.240 e. The van der Waals surface area contributed by atoms with Crippen molar-refractivity contribution in [3.05, 3.63) is 47.6 Å². The van der Waals surface area contributed by atoms with Gasteiger partial charge in [0.25, 0.3) is 0 Å². The average molecular weight is 286 g/mol. The molecule has 0 bridgehead atoms. The molecule has 2 aromatic rings. The van der Waals surface area contributed by atoms with Gasteiger partial charge in [-0.15, -0.1) is 0 Å². The summed E-state index contributed by atoms with van der Waals surface area (Å²) in [6.45, 7) is 5.47. The van der Waals surface area contributed by atoms with Crippen molar-refractivity contribution in [3.8, 4) is 0 Å². The number of piperidine rings is 1. The Balaban J connectivity index is 1.71. The van der Waals surface area contributed by atoms with Gasteiger partial charge in [0.15, 0.2) is 5.82 Å². The van der Waals surface area contributed by atoms with E-state index in [0.29, 0.717) is 12.4 Å². The van der Waals surface area contributed by atoms with Crippen LogP contribution in [0.15, 0.2) is 34.9 Å². The highest BCUT2D eigenvalue weighted by Gasteiger charge is 2.32. The summed E-state index contributed by atoms with van der Waals surface area (Å²) < 4.78 is 5.08. The van der Waals surface area contributed by atoms with E-state index in [0.717, 1.165) is 25.5 Å². The first-order valence-electron chi connectivity index (χ1n) is 7.49. The number of hydrogen-bond acceptors (Lipinski definition) is 5. The normalized spacial score (nSPS) is 23.3. The Bertz CT molecular complexity index is 583. The molecule has 2 heterocycles. The minimum Gasteiger partial charge on any atom is -0.338 e. The topological polar surface area (TPSA) is 68.2 Å². The zero-order valence-electron chi connectivity index (χ0n) is 12.5. The lowest BCUT2D eigenvalue weighted by atomic mass is 9.76. The maximum absolute atomic E-state index is 5.51. The maximum atomic E-state index is 5.51. The minimum absolute atomic E-state index is 0.194. The van der Waals surface area contributed by atoms with E-state index in [9.17, 15) is 0 Å². The van der Waals surface area contributed by atoms with Crippen molar-refractivity contribution in [2.75, 3.05) is 13.1 Å². The number of nitrogens with two attached hydrogens (primary N) is 1. The van der Waals surface area contributed by atoms with Crippen LogP contribution in [0.2, 0.25) is 0 Å². The Morgan fingerprint density at radius 1 is 1.33 bits per heavy atom. The molecule has 0 radical (unpaired) electrons. The van der Waals surface area contributed by atoms with Crippen molar-refractivity contribution in [1.29, 1.82) is 0 Å². The van der Waals surface area contributed by atoms with Crippen LogP contribution in [0.3, 0.4) is 0 Å². The molecule has 0 aliphatic carbocycles. The highest BCUT2D eigenvalue weighted by molar-refractivity contribution is 5.25. The van der Waals surface area contributed by atoms with Crippen molar-refractivity contribution in [3.63, 3.8) is 0 Å². The molecule has 21 heavy (non-hydrogen) atoms. The second-order valence-electron chi connectivity index (χ2n) is 6.05. The van der Waals surface area contributed by atoms with Crippen LogP contribution in [0.4, 0.5) is 0 Å². The zero-order chi connectivity index (χ0) is 14.7. The van der Waals surface area contributed by atoms with E-state index in [1.54, 1.807) is 0 Å². The second-order valence-corrected chi connectivity index (χ2v) is 6.05. The molecule has 0 spiro atoms. The molecule has 112 valence electrons. The Morgan fingerprint density at radius 3 is 2.86 bits per heavy atom. The van der Waals surface area contributed by atoms with Crippen LogP contribution in [-0.2, 0) is 18.5 Å². The molecule has 0 saturated carbocycles. The summed E-state index contributed by atoms with van der Waals surface area (Å²) >= 11 is 0. The highest BCUT2D eigenvalue weighted by atomic mass is 16.5. The molecule has 1 unspecified atom stereocenters. The van der Waals surface area contributed by atoms with Crippen molar-refractivity contribution >= 4 is 0 Å². The third-order valence-corrected chi connectivity index (χ3v) is 4.30. The molecule has 5 heteroatoms. The van der Waals surface area contributed by atoms with Crippen LogP contribution in [-0.4, -0.2) is 28.1 Å². The Morgan fingerprint density at radius 2 is 2.14 bits per heavy atom. The minimum atomic E-state index is 0.194. The predicted octanol–water partition coefficient (Wildman–Crippen LogP) is 2.08. The van der Waals surface area contributed by atoms with Crippen LogP contribution < -0.4 is 5.73 Å². The standard InChI is InChI=1S/C16H22N4O/c1-16(13-6-3-2-4-7-13)8-5-9-20(12-16)11-14-18-15(10-17)21-19-14/h2-4,6-7H,5,8-12,17H2,1H3. The molecule has 1 saturated heterocycles. The molecule has 1 atom stereocenters. The van der Waals surface area contributed by atoms with Gasteiger partial charge in [0, 0.05) is 12.0 Å². The van der Waals surface area contributed by atoms with Gasteiger partial charge in [-0.25, -0.2) is 0 Å². The number of aromatic nitrogens is 2. The van der Waals surface area contributed by atoms with Gasteiger partial charge >= 0.3 is 0 Å². The number of rotatable bonds is 4. The second kappa shape index (κ2) is 5.95. The lowest BCUT2D eigenvalue weighted by molar-refractivity contribution is 0.145. The lowest BCUT2D eigenvalue weighted by Gasteiger charge is -2.40. The summed E-state index contributed by atoms with van der Waals surface area (Å²) in [5, 5.41) is 3.99. The van der Waals surface area contributed by atoms with Gasteiger partial charge in [-0.3, -0.25) is 4.90 Å². The summed E-state index contributed by atoms with van der Waals surface area (Å²) in [7, 11) is 0. The van der Waals surface area contributed by atoms with Crippen molar-refractivity contribution in [2.24, 2.45) is 5.73 Å². The summed E-state index contributed by atoms with van der Waals surface area (Å²) in [5.74, 6) is 1.24. The monoisotopic (exact) mass is 286 g/mol. The fourth-order valence-corrected chi connectivity index (χ4v) is 3.19. The van der Waals surface area contributed by atoms with Gasteiger partial charge in [0.05, 0.1) is 13.1 Å². The van der Waals surface area contributed by atoms with E-state index in [2.05, 4.69) is 52.3 Å². The fraction of sp³-hybridized carbons (Fsp3) is 0.500. The third kappa shape index (κ3) is 3.14. The van der Waals surface area contributed by atoms with Crippen LogP contribution in [0.1, 0.15) is 37.0 Å². The molecule has 1 fully saturated rings. The predicted molar refractivity (Wildman–Crippen MR) is 80.5 cm³/mol. The quantitative estimate of drug-likeness (QED) is 0.932. The molecule has 0 amide bonds. The van der Waals surface area contributed by atoms with Gasteiger partial charge in [0.2, 0.25) is 5.89 Å². The number of nitrogens with zero attached hydrogens (tertiary/aromatic N) is 3. The van der Waals surface area contributed by atoms with E-state index in [4.69, 9.17) is 10.3 Å². The van der Waals surface area contributed by atoms with Crippen molar-refractivity contribution in [1.82, 2.24) is 15.0 Å². The van der Waals surface area contributed by atoms with Gasteiger partial charge in [-0.2, -0.15) is 4.98 Å². The van der Waals surface area contributed by atoms with E-state index < -0.39 is 0 Å². The van der Waals surface area contributed by atoms with E-state index in [1.165, 1.54) is 18.4 Å². The molecule has 2 N–H and O–H groups in total. The first-order valence-corrected chi connectivity index (χ1v) is 7.49. The number of hydrogen-bond donors (Lipinski definition) is 1. The third-order valence-electron chi connectivity index (χ3n) is 4.30. The molecular weight excluding hydrogens is 264 g/mol. The Kier molecular flexibility index (Phi) is 4.03. The van der Waals surface area contributed by atoms with Gasteiger partial charge < -0.3 is 10.3 Å². The van der Waals surface area contributed by atoms with Crippen molar-refractivity contribution in [2.45, 2.75) is 38.3 Å². The fourth-order valence-electron chi connectivity index (χ4n) is 3.19. The first kappa shape index (κ1) is 14.2. The van der Waals surface area contributed by atoms with Gasteiger partial charge in [0.1, 0.15) is 0 Å². The molecule has 1 aliphatic heterocycles. The number of benzene rings is 1. The molecule has 1 aromatic heterocycles. The molecular formula is C16H22N4O. The van der Waals surface area contributed by atoms with Gasteiger partial charge in [-0.05, 0) is 24.9 Å². The summed E-state index contributed by atoms with van der Waals surface area (Å²) in [5.41, 5.74) is 7.11. The zero-order valence-corrected chi connectivity index (χ0v) is 12.5. The van der Waals surface area contributed by atoms with Crippen LogP contribution in [0.25, 0.3) is 0 Å². The Hall–Kier alpha value is -1.72. The van der Waals surface area contributed by atoms with Crippen LogP contribution in [0.5, 0.6) is 0 Å². The summed E-state index contributed by atoms with van der Waals surface area (Å²) in [6.07, 6.45) is 2.40. The molecule has 1 aliphatic rings. The molecule has 3 rings (SSSR count). The molecule has 1 aromatic carbocycles. The molecule has 5 nitrogen and oxygen atoms in total. The average Bonchev–Trinajstić information content (AvgIpc) is 2.96. The largest absolute Gasteiger partial charge is 0.338 e. The Labute approximate surface area is 125 Å². The number of likely N-dealkylation sites (tertiary alicyclic amines) is 1. The van der Waals surface area contributed by atoms with Crippen LogP contribution in [0, 0.1) is 0 Å². The van der Waals surface area contributed by atoms with E-state index >= 15 is 0 Å². The van der Waals surface area contributed by atoms with Gasteiger partial charge in [-0.1, -0.05) is 42.4 Å². The van der Waals surface area contributed by atoms with E-state index in [-0.39, 0.29) is 5.41 Å². The lowest BCUT2D eigenvalue weighted by Crippen LogP contribution is -2.44.